The number of H-pyrrole nitrogens is 1. The molecule has 0 saturated carbocycles. The zero-order valence-corrected chi connectivity index (χ0v) is 19.4. The lowest BCUT2D eigenvalue weighted by Crippen LogP contribution is -2.15. The molecule has 36 heavy (non-hydrogen) atoms. The number of aromatic amines is 1. The van der Waals surface area contributed by atoms with Crippen LogP contribution < -0.4 is 14.8 Å². The molecule has 5 rings (SSSR count). The molecule has 0 aliphatic carbocycles. The van der Waals surface area contributed by atoms with Crippen molar-refractivity contribution in [3.05, 3.63) is 100 Å². The van der Waals surface area contributed by atoms with E-state index in [1.807, 2.05) is 43.3 Å². The summed E-state index contributed by atoms with van der Waals surface area (Å²) >= 11 is 0. The topological polar surface area (TPSA) is 119 Å². The van der Waals surface area contributed by atoms with Crippen LogP contribution in [0.3, 0.4) is 0 Å². The fraction of sp³-hybridized carbons (Fsp3) is 0.111. The van der Waals surface area contributed by atoms with E-state index in [2.05, 4.69) is 15.5 Å². The fourth-order valence-electron chi connectivity index (χ4n) is 3.99. The molecule has 1 aromatic heterocycles. The van der Waals surface area contributed by atoms with Crippen molar-refractivity contribution in [2.24, 2.45) is 0 Å². The summed E-state index contributed by atoms with van der Waals surface area (Å²) in [6.07, 6.45) is 0. The van der Waals surface area contributed by atoms with Crippen LogP contribution in [0.2, 0.25) is 0 Å². The lowest BCUT2D eigenvalue weighted by molar-refractivity contribution is -0.384. The monoisotopic (exact) mass is 482 g/mol. The largest absolute Gasteiger partial charge is 0.493 e. The highest BCUT2D eigenvalue weighted by atomic mass is 16.6. The van der Waals surface area contributed by atoms with Crippen molar-refractivity contribution in [1.82, 2.24) is 10.2 Å². The Bertz CT molecular complexity index is 1580. The van der Waals surface area contributed by atoms with Gasteiger partial charge in [0, 0.05) is 17.5 Å². The third-order valence-corrected chi connectivity index (χ3v) is 5.74. The maximum atomic E-state index is 13.4. The van der Waals surface area contributed by atoms with Crippen molar-refractivity contribution in [1.29, 1.82) is 0 Å². The highest BCUT2D eigenvalue weighted by Gasteiger charge is 2.19. The summed E-state index contributed by atoms with van der Waals surface area (Å²) < 4.78 is 11.6. The van der Waals surface area contributed by atoms with Crippen LogP contribution in [0.15, 0.2) is 78.9 Å². The van der Waals surface area contributed by atoms with E-state index in [-0.39, 0.29) is 18.2 Å². The van der Waals surface area contributed by atoms with Gasteiger partial charge in [0.15, 0.2) is 5.82 Å². The van der Waals surface area contributed by atoms with Gasteiger partial charge >= 0.3 is 0 Å². The van der Waals surface area contributed by atoms with E-state index in [0.717, 1.165) is 21.9 Å². The van der Waals surface area contributed by atoms with Crippen LogP contribution in [0.4, 0.5) is 11.5 Å². The first-order valence-electron chi connectivity index (χ1n) is 11.3. The molecule has 4 aromatic carbocycles. The number of non-ortho nitro benzene ring substituents is 1. The van der Waals surface area contributed by atoms with Gasteiger partial charge in [-0.15, -0.1) is 0 Å². The first-order valence-corrected chi connectivity index (χ1v) is 11.3. The number of anilines is 1. The van der Waals surface area contributed by atoms with E-state index >= 15 is 0 Å². The molecule has 0 radical (unpaired) electrons. The summed E-state index contributed by atoms with van der Waals surface area (Å²) in [6, 6.07) is 22.9. The Labute approximate surface area is 205 Å². The molecule has 5 aromatic rings. The predicted molar refractivity (Wildman–Crippen MR) is 137 cm³/mol. The quantitative estimate of drug-likeness (QED) is 0.211. The standard InChI is InChI=1S/C27H22N4O5/c1-2-35-24-14-9-18-5-3-4-6-21(18)25(24)27(32)28-26-22-15-20(12-13-23(22)29-30-26)36-16-17-7-10-19(11-8-17)31(33)34/h3-15H,2,16H2,1H3,(H2,28,29,30,32). The Morgan fingerprint density at radius 1 is 1.00 bits per heavy atom. The smallest absolute Gasteiger partial charge is 0.269 e. The van der Waals surface area contributed by atoms with Crippen molar-refractivity contribution in [2.45, 2.75) is 13.5 Å². The number of carbonyl (C=O) groups is 1. The van der Waals surface area contributed by atoms with Gasteiger partial charge in [0.25, 0.3) is 11.6 Å². The van der Waals surface area contributed by atoms with Gasteiger partial charge < -0.3 is 14.8 Å². The summed E-state index contributed by atoms with van der Waals surface area (Å²) in [4.78, 5) is 23.8. The van der Waals surface area contributed by atoms with Crippen LogP contribution in [-0.4, -0.2) is 27.6 Å². The molecular formula is C27H22N4O5. The number of amides is 1. The summed E-state index contributed by atoms with van der Waals surface area (Å²) in [5.41, 5.74) is 1.99. The van der Waals surface area contributed by atoms with Crippen LogP contribution in [0.25, 0.3) is 21.7 Å². The van der Waals surface area contributed by atoms with E-state index in [1.165, 1.54) is 12.1 Å². The second-order valence-corrected chi connectivity index (χ2v) is 8.04. The molecular weight excluding hydrogens is 460 g/mol. The number of nitro groups is 1. The van der Waals surface area contributed by atoms with Crippen LogP contribution in [0, 0.1) is 10.1 Å². The van der Waals surface area contributed by atoms with Gasteiger partial charge in [-0.2, -0.15) is 5.10 Å². The summed E-state index contributed by atoms with van der Waals surface area (Å²) in [7, 11) is 0. The fourth-order valence-corrected chi connectivity index (χ4v) is 3.99. The summed E-state index contributed by atoms with van der Waals surface area (Å²) in [6.45, 7) is 2.53. The van der Waals surface area contributed by atoms with Gasteiger partial charge in [0.1, 0.15) is 18.1 Å². The molecule has 0 aliphatic rings. The molecule has 1 heterocycles. The minimum absolute atomic E-state index is 0.0256. The van der Waals surface area contributed by atoms with Crippen LogP contribution in [0.5, 0.6) is 11.5 Å². The lowest BCUT2D eigenvalue weighted by atomic mass is 10.0. The first-order chi connectivity index (χ1) is 17.5. The molecule has 0 bridgehead atoms. The third-order valence-electron chi connectivity index (χ3n) is 5.74. The zero-order chi connectivity index (χ0) is 25.1. The Morgan fingerprint density at radius 3 is 2.58 bits per heavy atom. The van der Waals surface area contributed by atoms with Gasteiger partial charge in [0.2, 0.25) is 0 Å². The number of benzene rings is 4. The van der Waals surface area contributed by atoms with Gasteiger partial charge in [-0.25, -0.2) is 0 Å². The number of fused-ring (bicyclic) bond motifs is 2. The Morgan fingerprint density at radius 2 is 1.81 bits per heavy atom. The van der Waals surface area contributed by atoms with Gasteiger partial charge in [-0.3, -0.25) is 20.0 Å². The normalized spacial score (nSPS) is 10.9. The van der Waals surface area contributed by atoms with E-state index in [9.17, 15) is 14.9 Å². The van der Waals surface area contributed by atoms with Gasteiger partial charge in [-0.1, -0.05) is 30.3 Å². The van der Waals surface area contributed by atoms with Crippen LogP contribution in [0.1, 0.15) is 22.8 Å². The zero-order valence-electron chi connectivity index (χ0n) is 19.4. The SMILES string of the molecule is CCOc1ccc2ccccc2c1C(=O)Nc1n[nH]c2ccc(OCc3ccc([N+](=O)[O-])cc3)cc12. The maximum Gasteiger partial charge on any atom is 0.269 e. The third kappa shape index (κ3) is 4.54. The number of nitrogens with one attached hydrogen (secondary N) is 2. The number of nitro benzene ring substituents is 1. The Hall–Kier alpha value is -4.92. The molecule has 0 spiro atoms. The average Bonchev–Trinajstić information content (AvgIpc) is 3.29. The lowest BCUT2D eigenvalue weighted by Gasteiger charge is -2.13. The van der Waals surface area contributed by atoms with Gasteiger partial charge in [0.05, 0.1) is 22.6 Å². The number of ether oxygens (including phenoxy) is 2. The number of hydrogen-bond donors (Lipinski definition) is 2. The maximum absolute atomic E-state index is 13.4. The summed E-state index contributed by atoms with van der Waals surface area (Å²) in [5, 5.41) is 23.4. The molecule has 0 unspecified atom stereocenters. The first kappa shape index (κ1) is 22.9. The van der Waals surface area contributed by atoms with Crippen molar-refractivity contribution >= 4 is 39.1 Å². The molecule has 0 aliphatic heterocycles. The molecule has 9 nitrogen and oxygen atoms in total. The predicted octanol–water partition coefficient (Wildman–Crippen LogP) is 5.85. The highest BCUT2D eigenvalue weighted by Crippen LogP contribution is 2.31. The highest BCUT2D eigenvalue weighted by molar-refractivity contribution is 6.16. The van der Waals surface area contributed by atoms with E-state index in [1.54, 1.807) is 30.3 Å². The molecule has 0 fully saturated rings. The Kier molecular flexibility index (Phi) is 6.19. The number of rotatable bonds is 8. The van der Waals surface area contributed by atoms with Crippen LogP contribution >= 0.6 is 0 Å². The molecule has 9 heteroatoms. The minimum atomic E-state index is -0.442. The molecule has 0 atom stereocenters. The van der Waals surface area contributed by atoms with Crippen LogP contribution in [-0.2, 0) is 6.61 Å². The molecule has 2 N–H and O–H groups in total. The van der Waals surface area contributed by atoms with E-state index in [4.69, 9.17) is 9.47 Å². The average molecular weight is 482 g/mol. The molecule has 0 saturated heterocycles. The molecule has 1 amide bonds. The van der Waals surface area contributed by atoms with Gasteiger partial charge in [-0.05, 0) is 59.7 Å². The van der Waals surface area contributed by atoms with E-state index in [0.29, 0.717) is 34.9 Å². The second-order valence-electron chi connectivity index (χ2n) is 8.04. The summed E-state index contributed by atoms with van der Waals surface area (Å²) in [5.74, 6) is 1.10. The van der Waals surface area contributed by atoms with Crippen molar-refractivity contribution in [3.63, 3.8) is 0 Å². The van der Waals surface area contributed by atoms with Crippen molar-refractivity contribution < 1.29 is 19.2 Å². The number of carbonyl (C=O) groups excluding carboxylic acids is 1. The number of aromatic nitrogens is 2. The Balaban J connectivity index is 1.39. The number of nitrogens with zero attached hydrogens (tertiary/aromatic N) is 2. The second kappa shape index (κ2) is 9.75. The van der Waals surface area contributed by atoms with E-state index < -0.39 is 4.92 Å². The van der Waals surface area contributed by atoms with Crippen molar-refractivity contribution in [2.75, 3.05) is 11.9 Å². The molecule has 180 valence electrons. The number of hydrogen-bond acceptors (Lipinski definition) is 6. The van der Waals surface area contributed by atoms with Crippen molar-refractivity contribution in [3.8, 4) is 11.5 Å². The minimum Gasteiger partial charge on any atom is -0.493 e.